The second-order valence-electron chi connectivity index (χ2n) is 7.77. The predicted molar refractivity (Wildman–Crippen MR) is 111 cm³/mol. The number of hydrogen-bond acceptors (Lipinski definition) is 3. The van der Waals surface area contributed by atoms with Crippen LogP contribution in [0.15, 0.2) is 42.5 Å². The van der Waals surface area contributed by atoms with Crippen molar-refractivity contribution in [1.82, 2.24) is 4.90 Å². The first-order valence-electron chi connectivity index (χ1n) is 10.3. The lowest BCUT2D eigenvalue weighted by Crippen LogP contribution is -2.45. The molecule has 2 heterocycles. The molecule has 27 heavy (non-hydrogen) atoms. The Hall–Kier alpha value is -2.07. The van der Waals surface area contributed by atoms with Gasteiger partial charge in [-0.25, -0.2) is 4.39 Å². The number of likely N-dealkylation sites (tertiary alicyclic amines) is 1. The van der Waals surface area contributed by atoms with Crippen molar-refractivity contribution < 1.29 is 4.39 Å². The van der Waals surface area contributed by atoms with Crippen LogP contribution in [-0.4, -0.2) is 43.7 Å². The van der Waals surface area contributed by atoms with Gasteiger partial charge in [0.25, 0.3) is 0 Å². The van der Waals surface area contributed by atoms with E-state index in [9.17, 15) is 4.39 Å². The van der Waals surface area contributed by atoms with Gasteiger partial charge < -0.3 is 15.1 Å². The SMILES string of the molecule is CCNc1ccc2c(c1)N(C1CCN(CCc3ccc(F)cc3)CC1)CC2. The van der Waals surface area contributed by atoms with Crippen LogP contribution in [0.2, 0.25) is 0 Å². The van der Waals surface area contributed by atoms with Gasteiger partial charge in [0.05, 0.1) is 0 Å². The van der Waals surface area contributed by atoms with Crippen LogP contribution < -0.4 is 10.2 Å². The fourth-order valence-electron chi connectivity index (χ4n) is 4.49. The number of rotatable bonds is 6. The average Bonchev–Trinajstić information content (AvgIpc) is 3.11. The van der Waals surface area contributed by atoms with Crippen molar-refractivity contribution in [3.63, 3.8) is 0 Å². The zero-order chi connectivity index (χ0) is 18.6. The molecule has 2 aromatic carbocycles. The third-order valence-corrected chi connectivity index (χ3v) is 6.03. The molecular weight excluding hydrogens is 337 g/mol. The second kappa shape index (κ2) is 8.30. The van der Waals surface area contributed by atoms with Crippen molar-refractivity contribution in [2.75, 3.05) is 42.9 Å². The summed E-state index contributed by atoms with van der Waals surface area (Å²) in [4.78, 5) is 5.21. The Morgan fingerprint density at radius 3 is 2.56 bits per heavy atom. The van der Waals surface area contributed by atoms with Crippen molar-refractivity contribution in [2.24, 2.45) is 0 Å². The molecule has 2 aliphatic rings. The Bertz CT molecular complexity index is 751. The summed E-state index contributed by atoms with van der Waals surface area (Å²) >= 11 is 0. The number of benzene rings is 2. The highest BCUT2D eigenvalue weighted by molar-refractivity contribution is 5.66. The van der Waals surface area contributed by atoms with E-state index in [1.807, 2.05) is 12.1 Å². The monoisotopic (exact) mass is 367 g/mol. The molecule has 3 nitrogen and oxygen atoms in total. The van der Waals surface area contributed by atoms with Crippen molar-refractivity contribution in [1.29, 1.82) is 0 Å². The van der Waals surface area contributed by atoms with Crippen LogP contribution in [0, 0.1) is 5.82 Å². The van der Waals surface area contributed by atoms with Crippen LogP contribution in [0.4, 0.5) is 15.8 Å². The molecule has 1 N–H and O–H groups in total. The highest BCUT2D eigenvalue weighted by Gasteiger charge is 2.29. The molecule has 2 aliphatic heterocycles. The molecule has 4 heteroatoms. The number of fused-ring (bicyclic) bond motifs is 1. The molecular formula is C23H30FN3. The van der Waals surface area contributed by atoms with Gasteiger partial charge in [-0.15, -0.1) is 0 Å². The Kier molecular flexibility index (Phi) is 5.63. The molecule has 2 aromatic rings. The summed E-state index contributed by atoms with van der Waals surface area (Å²) in [6, 6.07) is 14.4. The third-order valence-electron chi connectivity index (χ3n) is 6.03. The molecule has 0 aromatic heterocycles. The molecule has 0 saturated carbocycles. The zero-order valence-corrected chi connectivity index (χ0v) is 16.3. The quantitative estimate of drug-likeness (QED) is 0.820. The molecule has 0 unspecified atom stereocenters. The van der Waals surface area contributed by atoms with E-state index in [0.717, 1.165) is 39.1 Å². The molecule has 0 amide bonds. The maximum Gasteiger partial charge on any atom is 0.123 e. The topological polar surface area (TPSA) is 18.5 Å². The van der Waals surface area contributed by atoms with Crippen molar-refractivity contribution >= 4 is 11.4 Å². The summed E-state index contributed by atoms with van der Waals surface area (Å²) in [7, 11) is 0. The van der Waals surface area contributed by atoms with Crippen LogP contribution in [0.25, 0.3) is 0 Å². The van der Waals surface area contributed by atoms with Gasteiger partial charge in [0.2, 0.25) is 0 Å². The normalized spacial score (nSPS) is 17.9. The maximum atomic E-state index is 13.0. The summed E-state index contributed by atoms with van der Waals surface area (Å²) in [5.74, 6) is -0.150. The maximum absolute atomic E-state index is 13.0. The zero-order valence-electron chi connectivity index (χ0n) is 16.3. The number of nitrogens with zero attached hydrogens (tertiary/aromatic N) is 2. The highest BCUT2D eigenvalue weighted by Crippen LogP contribution is 2.34. The van der Waals surface area contributed by atoms with Gasteiger partial charge in [-0.05, 0) is 68.0 Å². The van der Waals surface area contributed by atoms with Gasteiger partial charge in [0, 0.05) is 50.1 Å². The fourth-order valence-corrected chi connectivity index (χ4v) is 4.49. The molecule has 1 saturated heterocycles. The average molecular weight is 368 g/mol. The smallest absolute Gasteiger partial charge is 0.123 e. The summed E-state index contributed by atoms with van der Waals surface area (Å²) in [5, 5.41) is 3.45. The van der Waals surface area contributed by atoms with E-state index >= 15 is 0 Å². The molecule has 4 rings (SSSR count). The van der Waals surface area contributed by atoms with Crippen molar-refractivity contribution in [2.45, 2.75) is 38.6 Å². The lowest BCUT2D eigenvalue weighted by Gasteiger charge is -2.38. The van der Waals surface area contributed by atoms with E-state index in [1.165, 1.54) is 41.8 Å². The first-order chi connectivity index (χ1) is 13.2. The largest absolute Gasteiger partial charge is 0.385 e. The first kappa shape index (κ1) is 18.3. The molecule has 0 bridgehead atoms. The molecule has 0 spiro atoms. The van der Waals surface area contributed by atoms with E-state index < -0.39 is 0 Å². The van der Waals surface area contributed by atoms with E-state index in [1.54, 1.807) is 12.1 Å². The standard InChI is InChI=1S/C23H30FN3/c1-2-25-21-8-5-19-10-16-27(23(19)17-21)22-11-14-26(15-12-22)13-9-18-3-6-20(24)7-4-18/h3-8,17,22,25H,2,9-16H2,1H3. The lowest BCUT2D eigenvalue weighted by atomic mass is 10.0. The lowest BCUT2D eigenvalue weighted by molar-refractivity contribution is 0.212. The Morgan fingerprint density at radius 1 is 1.04 bits per heavy atom. The van der Waals surface area contributed by atoms with Gasteiger partial charge in [0.15, 0.2) is 0 Å². The first-order valence-corrected chi connectivity index (χ1v) is 10.3. The molecule has 1 fully saturated rings. The summed E-state index contributed by atoms with van der Waals surface area (Å²) in [6.45, 7) is 7.65. The number of anilines is 2. The summed E-state index contributed by atoms with van der Waals surface area (Å²) < 4.78 is 13.0. The summed E-state index contributed by atoms with van der Waals surface area (Å²) in [6.07, 6.45) is 4.64. The fraction of sp³-hybridized carbons (Fsp3) is 0.478. The minimum Gasteiger partial charge on any atom is -0.385 e. The van der Waals surface area contributed by atoms with E-state index in [4.69, 9.17) is 0 Å². The van der Waals surface area contributed by atoms with Gasteiger partial charge in [0.1, 0.15) is 5.82 Å². The van der Waals surface area contributed by atoms with E-state index in [2.05, 4.69) is 40.2 Å². The Balaban J connectivity index is 1.31. The highest BCUT2D eigenvalue weighted by atomic mass is 19.1. The van der Waals surface area contributed by atoms with Gasteiger partial charge in [-0.3, -0.25) is 0 Å². The predicted octanol–water partition coefficient (Wildman–Crippen LogP) is 4.33. The number of hydrogen-bond donors (Lipinski definition) is 1. The van der Waals surface area contributed by atoms with Crippen LogP contribution in [-0.2, 0) is 12.8 Å². The van der Waals surface area contributed by atoms with Crippen LogP contribution in [0.3, 0.4) is 0 Å². The van der Waals surface area contributed by atoms with Crippen molar-refractivity contribution in [3.8, 4) is 0 Å². The van der Waals surface area contributed by atoms with Crippen molar-refractivity contribution in [3.05, 3.63) is 59.4 Å². The van der Waals surface area contributed by atoms with E-state index in [-0.39, 0.29) is 5.82 Å². The number of nitrogens with one attached hydrogen (secondary N) is 1. The second-order valence-corrected chi connectivity index (χ2v) is 7.77. The number of piperidine rings is 1. The Labute approximate surface area is 162 Å². The number of halogens is 1. The van der Waals surface area contributed by atoms with Gasteiger partial charge >= 0.3 is 0 Å². The third kappa shape index (κ3) is 4.27. The van der Waals surface area contributed by atoms with Gasteiger partial charge in [-0.1, -0.05) is 18.2 Å². The minimum absolute atomic E-state index is 0.150. The Morgan fingerprint density at radius 2 is 1.81 bits per heavy atom. The van der Waals surface area contributed by atoms with Crippen LogP contribution >= 0.6 is 0 Å². The molecule has 0 radical (unpaired) electrons. The summed E-state index contributed by atoms with van der Waals surface area (Å²) in [5.41, 5.74) is 5.40. The minimum atomic E-state index is -0.150. The molecule has 0 atom stereocenters. The van der Waals surface area contributed by atoms with E-state index in [0.29, 0.717) is 6.04 Å². The molecule has 0 aliphatic carbocycles. The molecule has 144 valence electrons. The van der Waals surface area contributed by atoms with Crippen LogP contribution in [0.1, 0.15) is 30.9 Å². The van der Waals surface area contributed by atoms with Gasteiger partial charge in [-0.2, -0.15) is 0 Å². The van der Waals surface area contributed by atoms with Crippen LogP contribution in [0.5, 0.6) is 0 Å².